The van der Waals surface area contributed by atoms with Crippen LogP contribution in [0.5, 0.6) is 0 Å². The Labute approximate surface area is 359 Å². The monoisotopic (exact) mass is 790 g/mol. The summed E-state index contributed by atoms with van der Waals surface area (Å²) in [4.78, 5) is 9.28. The Hall–Kier alpha value is -8.34. The van der Waals surface area contributed by atoms with E-state index in [0.29, 0.717) is 0 Å². The maximum atomic E-state index is 4.84. The number of pyridine rings is 2. The topological polar surface area (TPSA) is 35.6 Å². The lowest BCUT2D eigenvalue weighted by Gasteiger charge is -2.12. The van der Waals surface area contributed by atoms with Crippen molar-refractivity contribution in [1.29, 1.82) is 0 Å². The van der Waals surface area contributed by atoms with Crippen LogP contribution in [0.3, 0.4) is 0 Å². The van der Waals surface area contributed by atoms with Crippen LogP contribution in [-0.2, 0) is 0 Å². The van der Waals surface area contributed by atoms with E-state index in [2.05, 4.69) is 220 Å². The van der Waals surface area contributed by atoms with Gasteiger partial charge in [0.2, 0.25) is 0 Å². The summed E-state index contributed by atoms with van der Waals surface area (Å²) in [5.41, 5.74) is 19.6. The molecule has 0 N–H and O–H groups in total. The molecule has 0 aliphatic carbocycles. The highest BCUT2D eigenvalue weighted by atomic mass is 15.0. The summed E-state index contributed by atoms with van der Waals surface area (Å²) in [6.45, 7) is 0. The minimum absolute atomic E-state index is 1.01. The maximum Gasteiger partial charge on any atom is 0.0963 e. The zero-order valence-corrected chi connectivity index (χ0v) is 33.7. The number of para-hydroxylation sites is 2. The molecular weight excluding hydrogens is 753 g/mol. The minimum Gasteiger partial charge on any atom is -0.309 e. The highest BCUT2D eigenvalue weighted by Crippen LogP contribution is 2.37. The Balaban J connectivity index is 0.855. The Kier molecular flexibility index (Phi) is 8.46. The summed E-state index contributed by atoms with van der Waals surface area (Å²) >= 11 is 0. The number of hydrogen-bond acceptors (Lipinski definition) is 2. The van der Waals surface area contributed by atoms with Gasteiger partial charge in [-0.2, -0.15) is 0 Å². The second-order valence-electron chi connectivity index (χ2n) is 15.9. The summed E-state index contributed by atoms with van der Waals surface area (Å²) in [6, 6.07) is 76.5. The van der Waals surface area contributed by atoms with E-state index in [1.807, 2.05) is 24.7 Å². The standard InChI is InChI=1S/C58H38N4/c1-2-21-49(22-3-1)61-55-28-27-48(37-52(55)58-57(61)26-11-30-60-58)46-19-9-17-44(35-46)42-15-7-13-40(33-42)39-12-6-14-41(32-39)43-16-8-18-45(34-43)47-20-10-23-50(36-47)62-54-25-5-4-24-51(54)53-38-59-31-29-56(53)62/h1-38H. The highest BCUT2D eigenvalue weighted by Gasteiger charge is 2.16. The van der Waals surface area contributed by atoms with Crippen LogP contribution < -0.4 is 0 Å². The fraction of sp³-hybridized carbons (Fsp3) is 0. The van der Waals surface area contributed by atoms with Crippen LogP contribution in [0, 0.1) is 0 Å². The van der Waals surface area contributed by atoms with E-state index in [0.717, 1.165) is 44.2 Å². The van der Waals surface area contributed by atoms with Gasteiger partial charge in [0, 0.05) is 46.1 Å². The van der Waals surface area contributed by atoms with Crippen molar-refractivity contribution >= 4 is 43.7 Å². The first-order chi connectivity index (χ1) is 30.7. The first-order valence-electron chi connectivity index (χ1n) is 21.0. The average Bonchev–Trinajstić information content (AvgIpc) is 3.87. The van der Waals surface area contributed by atoms with E-state index < -0.39 is 0 Å². The number of nitrogens with zero attached hydrogens (tertiary/aromatic N) is 4. The van der Waals surface area contributed by atoms with Crippen molar-refractivity contribution in [2.45, 2.75) is 0 Å². The molecule has 0 unspecified atom stereocenters. The van der Waals surface area contributed by atoms with E-state index >= 15 is 0 Å². The third kappa shape index (κ3) is 6.08. The first kappa shape index (κ1) is 35.6. The lowest BCUT2D eigenvalue weighted by atomic mass is 9.94. The molecule has 62 heavy (non-hydrogen) atoms. The second-order valence-corrected chi connectivity index (χ2v) is 15.9. The van der Waals surface area contributed by atoms with E-state index in [1.54, 1.807) is 0 Å². The zero-order chi connectivity index (χ0) is 41.0. The maximum absolute atomic E-state index is 4.84. The Bertz CT molecular complexity index is 3600. The van der Waals surface area contributed by atoms with Crippen LogP contribution in [0.2, 0.25) is 0 Å². The smallest absolute Gasteiger partial charge is 0.0963 e. The number of benzene rings is 8. The van der Waals surface area contributed by atoms with Crippen LogP contribution in [0.4, 0.5) is 0 Å². The van der Waals surface area contributed by atoms with Gasteiger partial charge in [0.1, 0.15) is 0 Å². The Morgan fingerprint density at radius 1 is 0.274 bits per heavy atom. The SMILES string of the molecule is c1ccc(-n2c3ccc(-c4cccc(-c5cccc(-c6cccc(-c7cccc(-c8cccc(-n9c%10ccccc%10c%10cnccc%109)c8)c7)c6)c5)c4)cc3c3ncccc32)cc1. The molecule has 0 atom stereocenters. The van der Waals surface area contributed by atoms with E-state index in [1.165, 1.54) is 66.5 Å². The van der Waals surface area contributed by atoms with Gasteiger partial charge in [-0.3, -0.25) is 9.97 Å². The van der Waals surface area contributed by atoms with Gasteiger partial charge in [-0.05, 0) is 141 Å². The van der Waals surface area contributed by atoms with Crippen LogP contribution in [0.25, 0.3) is 111 Å². The van der Waals surface area contributed by atoms with Gasteiger partial charge in [0.25, 0.3) is 0 Å². The molecule has 0 radical (unpaired) electrons. The molecule has 0 aliphatic heterocycles. The molecule has 0 saturated heterocycles. The van der Waals surface area contributed by atoms with E-state index in [-0.39, 0.29) is 0 Å². The first-order valence-corrected chi connectivity index (χ1v) is 21.0. The molecule has 4 aromatic heterocycles. The molecule has 4 heteroatoms. The fourth-order valence-corrected chi connectivity index (χ4v) is 9.30. The average molecular weight is 791 g/mol. The number of hydrogen-bond donors (Lipinski definition) is 0. The van der Waals surface area contributed by atoms with Crippen molar-refractivity contribution in [3.05, 3.63) is 231 Å². The predicted molar refractivity (Wildman–Crippen MR) is 258 cm³/mol. The predicted octanol–water partition coefficient (Wildman–Crippen LogP) is 15.0. The second kappa shape index (κ2) is 14.7. The van der Waals surface area contributed by atoms with Crippen molar-refractivity contribution in [3.63, 3.8) is 0 Å². The largest absolute Gasteiger partial charge is 0.309 e. The number of rotatable bonds is 7. The lowest BCUT2D eigenvalue weighted by molar-refractivity contribution is 1.17. The quantitative estimate of drug-likeness (QED) is 0.161. The normalized spacial score (nSPS) is 11.5. The van der Waals surface area contributed by atoms with Gasteiger partial charge < -0.3 is 9.13 Å². The summed E-state index contributed by atoms with van der Waals surface area (Å²) < 4.78 is 4.65. The van der Waals surface area contributed by atoms with Gasteiger partial charge in [-0.15, -0.1) is 0 Å². The molecule has 290 valence electrons. The summed E-state index contributed by atoms with van der Waals surface area (Å²) in [5.74, 6) is 0. The van der Waals surface area contributed by atoms with Crippen molar-refractivity contribution in [2.24, 2.45) is 0 Å². The number of fused-ring (bicyclic) bond motifs is 6. The summed E-state index contributed by atoms with van der Waals surface area (Å²) in [6.07, 6.45) is 5.73. The van der Waals surface area contributed by atoms with Gasteiger partial charge >= 0.3 is 0 Å². The molecular formula is C58H38N4. The molecule has 4 heterocycles. The fourth-order valence-electron chi connectivity index (χ4n) is 9.30. The molecule has 0 fully saturated rings. The van der Waals surface area contributed by atoms with Gasteiger partial charge in [0.15, 0.2) is 0 Å². The molecule has 0 bridgehead atoms. The molecule has 12 rings (SSSR count). The van der Waals surface area contributed by atoms with Crippen LogP contribution >= 0.6 is 0 Å². The van der Waals surface area contributed by atoms with Crippen LogP contribution in [0.1, 0.15) is 0 Å². The highest BCUT2D eigenvalue weighted by molar-refractivity contribution is 6.09. The lowest BCUT2D eigenvalue weighted by Crippen LogP contribution is -1.94. The molecule has 0 aliphatic rings. The molecule has 4 nitrogen and oxygen atoms in total. The molecule has 0 saturated carbocycles. The van der Waals surface area contributed by atoms with Crippen molar-refractivity contribution in [3.8, 4) is 67.0 Å². The third-order valence-electron chi connectivity index (χ3n) is 12.2. The van der Waals surface area contributed by atoms with Gasteiger partial charge in [-0.25, -0.2) is 0 Å². The molecule has 8 aromatic carbocycles. The third-order valence-corrected chi connectivity index (χ3v) is 12.2. The minimum atomic E-state index is 1.01. The van der Waals surface area contributed by atoms with Crippen LogP contribution in [0.15, 0.2) is 231 Å². The van der Waals surface area contributed by atoms with Crippen LogP contribution in [-0.4, -0.2) is 19.1 Å². The summed E-state index contributed by atoms with van der Waals surface area (Å²) in [7, 11) is 0. The van der Waals surface area contributed by atoms with Crippen molar-refractivity contribution in [1.82, 2.24) is 19.1 Å². The van der Waals surface area contributed by atoms with Gasteiger partial charge in [0.05, 0.1) is 27.6 Å². The zero-order valence-electron chi connectivity index (χ0n) is 33.7. The van der Waals surface area contributed by atoms with Gasteiger partial charge in [-0.1, -0.05) is 127 Å². The summed E-state index contributed by atoms with van der Waals surface area (Å²) in [5, 5.41) is 3.51. The van der Waals surface area contributed by atoms with E-state index in [4.69, 9.17) is 4.98 Å². The van der Waals surface area contributed by atoms with E-state index in [9.17, 15) is 0 Å². The number of aromatic nitrogens is 4. The Morgan fingerprint density at radius 3 is 1.37 bits per heavy atom. The molecule has 12 aromatic rings. The van der Waals surface area contributed by atoms with Crippen molar-refractivity contribution < 1.29 is 0 Å². The Morgan fingerprint density at radius 2 is 0.742 bits per heavy atom. The van der Waals surface area contributed by atoms with Crippen molar-refractivity contribution in [2.75, 3.05) is 0 Å². The molecule has 0 amide bonds. The molecule has 0 spiro atoms.